The Morgan fingerprint density at radius 1 is 1.59 bits per heavy atom. The predicted octanol–water partition coefficient (Wildman–Crippen LogP) is 0.0480. The van der Waals surface area contributed by atoms with Crippen LogP contribution in [0.15, 0.2) is 0 Å². The summed E-state index contributed by atoms with van der Waals surface area (Å²) in [5, 5.41) is 8.17. The molecule has 7 heteroatoms. The highest BCUT2D eigenvalue weighted by Crippen LogP contribution is 2.16. The van der Waals surface area contributed by atoms with E-state index in [1.807, 2.05) is 4.68 Å². The largest absolute Gasteiger partial charge is 0.383 e. The highest BCUT2D eigenvalue weighted by Gasteiger charge is 2.24. The van der Waals surface area contributed by atoms with E-state index in [2.05, 4.69) is 10.3 Å². The van der Waals surface area contributed by atoms with Crippen molar-refractivity contribution in [3.63, 3.8) is 0 Å². The fraction of sp³-hybridized carbons (Fsp3) is 0.700. The highest BCUT2D eigenvalue weighted by atomic mass is 35.5. The fourth-order valence-corrected chi connectivity index (χ4v) is 2.09. The lowest BCUT2D eigenvalue weighted by Crippen LogP contribution is -2.37. The number of nitrogens with zero attached hydrogens (tertiary/aromatic N) is 4. The summed E-state index contributed by atoms with van der Waals surface area (Å²) in [6, 6.07) is 0. The van der Waals surface area contributed by atoms with E-state index in [9.17, 15) is 4.79 Å². The molecule has 6 nitrogen and oxygen atoms in total. The molecule has 0 saturated carbocycles. The molecule has 1 aromatic heterocycles. The van der Waals surface area contributed by atoms with Crippen molar-refractivity contribution in [3.05, 3.63) is 11.4 Å². The maximum atomic E-state index is 11.5. The van der Waals surface area contributed by atoms with Gasteiger partial charge in [0, 0.05) is 20.1 Å². The zero-order chi connectivity index (χ0) is 12.3. The van der Waals surface area contributed by atoms with E-state index < -0.39 is 0 Å². The van der Waals surface area contributed by atoms with Gasteiger partial charge in [-0.25, -0.2) is 4.68 Å². The van der Waals surface area contributed by atoms with E-state index in [-0.39, 0.29) is 11.8 Å². The fourth-order valence-electron chi connectivity index (χ4n) is 1.92. The maximum Gasteiger partial charge on any atom is 0.237 e. The summed E-state index contributed by atoms with van der Waals surface area (Å²) in [6.07, 6.45) is 0.772. The second kappa shape index (κ2) is 5.46. The Bertz CT molecular complexity index is 407. The first kappa shape index (κ1) is 12.3. The number of ether oxygens (including phenoxy) is 1. The normalized spacial score (nSPS) is 14.8. The molecule has 94 valence electrons. The summed E-state index contributed by atoms with van der Waals surface area (Å²) in [6.45, 7) is 2.50. The molecule has 2 rings (SSSR count). The van der Waals surface area contributed by atoms with Crippen molar-refractivity contribution in [3.8, 4) is 0 Å². The van der Waals surface area contributed by atoms with Crippen LogP contribution in [0.2, 0.25) is 0 Å². The minimum Gasteiger partial charge on any atom is -0.383 e. The summed E-state index contributed by atoms with van der Waals surface area (Å²) in [4.78, 5) is 13.2. The average Bonchev–Trinajstić information content (AvgIpc) is 2.77. The minimum atomic E-state index is -0.0521. The van der Waals surface area contributed by atoms with E-state index in [0.717, 1.165) is 17.8 Å². The molecule has 0 spiro atoms. The molecular formula is C10H15ClN4O2. The third kappa shape index (κ3) is 2.58. The molecule has 0 radical (unpaired) electrons. The Labute approximate surface area is 104 Å². The number of hydrogen-bond acceptors (Lipinski definition) is 4. The van der Waals surface area contributed by atoms with Crippen LogP contribution in [0.25, 0.3) is 0 Å². The van der Waals surface area contributed by atoms with Crippen LogP contribution < -0.4 is 0 Å². The summed E-state index contributed by atoms with van der Waals surface area (Å²) in [5.74, 6) is -0.0311. The quantitative estimate of drug-likeness (QED) is 0.716. The molecule has 0 aromatic carbocycles. The number of amides is 1. The van der Waals surface area contributed by atoms with Crippen molar-refractivity contribution in [1.29, 1.82) is 0 Å². The molecule has 0 N–H and O–H groups in total. The molecule has 1 aliphatic rings. The van der Waals surface area contributed by atoms with Crippen LogP contribution in [0.5, 0.6) is 0 Å². The lowest BCUT2D eigenvalue weighted by molar-refractivity contribution is -0.129. The summed E-state index contributed by atoms with van der Waals surface area (Å²) in [5.41, 5.74) is 1.96. The molecular weight excluding hydrogens is 244 g/mol. The zero-order valence-electron chi connectivity index (χ0n) is 9.73. The zero-order valence-corrected chi connectivity index (χ0v) is 10.5. The van der Waals surface area contributed by atoms with E-state index in [1.54, 1.807) is 12.0 Å². The van der Waals surface area contributed by atoms with Crippen LogP contribution in [0, 0.1) is 0 Å². The van der Waals surface area contributed by atoms with Gasteiger partial charge in [-0.2, -0.15) is 0 Å². The third-order valence-electron chi connectivity index (χ3n) is 2.85. The third-order valence-corrected chi connectivity index (χ3v) is 3.08. The van der Waals surface area contributed by atoms with Crippen molar-refractivity contribution in [2.24, 2.45) is 0 Å². The number of halogens is 1. The molecule has 1 aromatic rings. The molecule has 0 aliphatic carbocycles. The van der Waals surface area contributed by atoms with Crippen molar-refractivity contribution < 1.29 is 9.53 Å². The molecule has 17 heavy (non-hydrogen) atoms. The summed E-state index contributed by atoms with van der Waals surface area (Å²) in [7, 11) is 1.66. The minimum absolute atomic E-state index is 0.0210. The van der Waals surface area contributed by atoms with Crippen molar-refractivity contribution in [2.45, 2.75) is 19.5 Å². The number of hydrogen-bond donors (Lipinski definition) is 0. The van der Waals surface area contributed by atoms with Gasteiger partial charge in [-0.15, -0.1) is 16.7 Å². The molecule has 2 heterocycles. The van der Waals surface area contributed by atoms with Gasteiger partial charge < -0.3 is 9.64 Å². The summed E-state index contributed by atoms with van der Waals surface area (Å²) < 4.78 is 6.86. The summed E-state index contributed by atoms with van der Waals surface area (Å²) >= 11 is 5.54. The SMILES string of the molecule is COCCn1nnc2c1CCN(C(=O)CCl)C2. The first-order valence-electron chi connectivity index (χ1n) is 5.50. The van der Waals surface area contributed by atoms with Crippen molar-refractivity contribution in [1.82, 2.24) is 19.9 Å². The van der Waals surface area contributed by atoms with E-state index >= 15 is 0 Å². The number of methoxy groups -OCH3 is 1. The van der Waals surface area contributed by atoms with Gasteiger partial charge in [-0.05, 0) is 0 Å². The molecule has 0 saturated heterocycles. The van der Waals surface area contributed by atoms with Crippen LogP contribution in [0.3, 0.4) is 0 Å². The van der Waals surface area contributed by atoms with Crippen LogP contribution in [0.1, 0.15) is 11.4 Å². The number of carbonyl (C=O) groups is 1. The van der Waals surface area contributed by atoms with Gasteiger partial charge >= 0.3 is 0 Å². The van der Waals surface area contributed by atoms with Crippen molar-refractivity contribution in [2.75, 3.05) is 26.1 Å². The van der Waals surface area contributed by atoms with Gasteiger partial charge in [0.05, 0.1) is 25.4 Å². The molecule has 1 aliphatic heterocycles. The van der Waals surface area contributed by atoms with Crippen LogP contribution in [0.4, 0.5) is 0 Å². The lowest BCUT2D eigenvalue weighted by Gasteiger charge is -2.25. The number of aromatic nitrogens is 3. The molecule has 1 amide bonds. The standard InChI is InChI=1S/C10H15ClN4O2/c1-17-5-4-15-9-2-3-14(10(16)6-11)7-8(9)12-13-15/h2-7H2,1H3. The van der Waals surface area contributed by atoms with Crippen LogP contribution >= 0.6 is 11.6 Å². The van der Waals surface area contributed by atoms with Gasteiger partial charge in [-0.1, -0.05) is 5.21 Å². The van der Waals surface area contributed by atoms with Crippen LogP contribution in [-0.2, 0) is 29.0 Å². The van der Waals surface area contributed by atoms with Gasteiger partial charge in [0.25, 0.3) is 0 Å². The van der Waals surface area contributed by atoms with Gasteiger partial charge in [0.2, 0.25) is 5.91 Å². The van der Waals surface area contributed by atoms with E-state index in [4.69, 9.17) is 16.3 Å². The Hall–Kier alpha value is -1.14. The second-order valence-corrected chi connectivity index (χ2v) is 4.16. The van der Waals surface area contributed by atoms with Crippen LogP contribution in [-0.4, -0.2) is 51.9 Å². The van der Waals surface area contributed by atoms with Gasteiger partial charge in [0.1, 0.15) is 11.6 Å². The molecule has 0 unspecified atom stereocenters. The number of rotatable bonds is 4. The average molecular weight is 259 g/mol. The Kier molecular flexibility index (Phi) is 3.96. The Morgan fingerprint density at radius 2 is 2.41 bits per heavy atom. The molecule has 0 atom stereocenters. The number of carbonyl (C=O) groups excluding carboxylic acids is 1. The van der Waals surface area contributed by atoms with Gasteiger partial charge in [0.15, 0.2) is 0 Å². The number of alkyl halides is 1. The Balaban J connectivity index is 2.07. The number of fused-ring (bicyclic) bond motifs is 1. The first-order valence-corrected chi connectivity index (χ1v) is 6.03. The van der Waals surface area contributed by atoms with Crippen molar-refractivity contribution >= 4 is 17.5 Å². The second-order valence-electron chi connectivity index (χ2n) is 3.90. The lowest BCUT2D eigenvalue weighted by atomic mass is 10.1. The Morgan fingerprint density at radius 3 is 3.12 bits per heavy atom. The van der Waals surface area contributed by atoms with E-state index in [0.29, 0.717) is 26.2 Å². The topological polar surface area (TPSA) is 60.2 Å². The van der Waals surface area contributed by atoms with Gasteiger partial charge in [-0.3, -0.25) is 4.79 Å². The predicted molar refractivity (Wildman–Crippen MR) is 61.7 cm³/mol. The highest BCUT2D eigenvalue weighted by molar-refractivity contribution is 6.27. The molecule has 0 fully saturated rings. The van der Waals surface area contributed by atoms with E-state index in [1.165, 1.54) is 0 Å². The monoisotopic (exact) mass is 258 g/mol. The first-order chi connectivity index (χ1) is 8.26. The maximum absolute atomic E-state index is 11.5. The molecule has 0 bridgehead atoms. The smallest absolute Gasteiger partial charge is 0.237 e.